The van der Waals surface area contributed by atoms with Crippen LogP contribution in [0.2, 0.25) is 0 Å². The predicted octanol–water partition coefficient (Wildman–Crippen LogP) is 0.678. The van der Waals surface area contributed by atoms with Crippen molar-refractivity contribution in [2.45, 2.75) is 32.8 Å². The molecule has 5 N–H and O–H groups in total. The van der Waals surface area contributed by atoms with Crippen molar-refractivity contribution in [1.29, 1.82) is 0 Å². The van der Waals surface area contributed by atoms with Gasteiger partial charge in [0.15, 0.2) is 0 Å². The Morgan fingerprint density at radius 2 is 1.94 bits per heavy atom. The molecule has 1 unspecified atom stereocenters. The highest BCUT2D eigenvalue weighted by molar-refractivity contribution is 5.58. The van der Waals surface area contributed by atoms with Crippen molar-refractivity contribution in [2.75, 3.05) is 17.3 Å². The number of anilines is 2. The molecule has 6 heteroatoms. The first-order chi connectivity index (χ1) is 7.56. The van der Waals surface area contributed by atoms with Gasteiger partial charge in [0.25, 0.3) is 0 Å². The number of nitrogens with one attached hydrogen (secondary N) is 2. The second-order valence-electron chi connectivity index (χ2n) is 4.01. The van der Waals surface area contributed by atoms with Gasteiger partial charge in [-0.3, -0.25) is 0 Å². The lowest BCUT2D eigenvalue weighted by Gasteiger charge is -2.16. The largest absolute Gasteiger partial charge is 0.392 e. The molecule has 0 saturated carbocycles. The maximum absolute atomic E-state index is 9.22. The lowest BCUT2D eigenvalue weighted by atomic mass is 10.0. The first-order valence-corrected chi connectivity index (χ1v) is 5.29. The standard InChI is InChI=1S/C10H19N5O/c1-6(2)8-9(12-4-7(3)16)13-5-14-10(8)15-11/h5-7,16H,4,11H2,1-3H3,(H2,12,13,14,15). The van der Waals surface area contributed by atoms with Crippen LogP contribution in [0, 0.1) is 0 Å². The second kappa shape index (κ2) is 5.62. The highest BCUT2D eigenvalue weighted by atomic mass is 16.3. The molecule has 0 saturated heterocycles. The molecule has 1 rings (SSSR count). The van der Waals surface area contributed by atoms with E-state index in [0.29, 0.717) is 18.2 Å². The third kappa shape index (κ3) is 3.04. The molecular weight excluding hydrogens is 206 g/mol. The van der Waals surface area contributed by atoms with E-state index in [0.717, 1.165) is 5.56 Å². The quantitative estimate of drug-likeness (QED) is 0.434. The highest BCUT2D eigenvalue weighted by Gasteiger charge is 2.14. The van der Waals surface area contributed by atoms with Crippen molar-refractivity contribution >= 4 is 11.6 Å². The summed E-state index contributed by atoms with van der Waals surface area (Å²) in [5.41, 5.74) is 3.47. The molecule has 0 aliphatic carbocycles. The van der Waals surface area contributed by atoms with Gasteiger partial charge in [-0.1, -0.05) is 13.8 Å². The zero-order chi connectivity index (χ0) is 12.1. The molecule has 0 radical (unpaired) electrons. The molecule has 0 bridgehead atoms. The summed E-state index contributed by atoms with van der Waals surface area (Å²) in [5, 5.41) is 12.3. The molecule has 0 aliphatic rings. The van der Waals surface area contributed by atoms with Gasteiger partial charge in [-0.2, -0.15) is 0 Å². The summed E-state index contributed by atoms with van der Waals surface area (Å²) < 4.78 is 0. The van der Waals surface area contributed by atoms with Gasteiger partial charge in [0, 0.05) is 12.1 Å². The summed E-state index contributed by atoms with van der Waals surface area (Å²) >= 11 is 0. The monoisotopic (exact) mass is 225 g/mol. The Balaban J connectivity index is 2.97. The lowest BCUT2D eigenvalue weighted by molar-refractivity contribution is 0.208. The van der Waals surface area contributed by atoms with Gasteiger partial charge in [0.1, 0.15) is 18.0 Å². The van der Waals surface area contributed by atoms with Crippen LogP contribution in [0.25, 0.3) is 0 Å². The van der Waals surface area contributed by atoms with Crippen molar-refractivity contribution in [2.24, 2.45) is 5.84 Å². The molecule has 0 amide bonds. The number of hydrazine groups is 1. The topological polar surface area (TPSA) is 96.1 Å². The fourth-order valence-electron chi connectivity index (χ4n) is 1.44. The fourth-order valence-corrected chi connectivity index (χ4v) is 1.44. The van der Waals surface area contributed by atoms with Crippen LogP contribution in [-0.2, 0) is 0 Å². The number of nitrogens with zero attached hydrogens (tertiary/aromatic N) is 2. The number of hydrogen-bond acceptors (Lipinski definition) is 6. The minimum Gasteiger partial charge on any atom is -0.392 e. The van der Waals surface area contributed by atoms with E-state index < -0.39 is 6.10 Å². The van der Waals surface area contributed by atoms with E-state index in [1.54, 1.807) is 6.92 Å². The molecule has 1 aromatic rings. The van der Waals surface area contributed by atoms with E-state index in [1.807, 2.05) is 13.8 Å². The second-order valence-corrected chi connectivity index (χ2v) is 4.01. The Morgan fingerprint density at radius 1 is 1.31 bits per heavy atom. The fraction of sp³-hybridized carbons (Fsp3) is 0.600. The summed E-state index contributed by atoms with van der Waals surface area (Å²) in [6.45, 7) is 6.23. The third-order valence-electron chi connectivity index (χ3n) is 2.16. The molecule has 0 spiro atoms. The number of aliphatic hydroxyl groups is 1. The zero-order valence-electron chi connectivity index (χ0n) is 9.86. The van der Waals surface area contributed by atoms with Gasteiger partial charge in [-0.15, -0.1) is 0 Å². The summed E-state index contributed by atoms with van der Waals surface area (Å²) in [6, 6.07) is 0. The van der Waals surface area contributed by atoms with Crippen molar-refractivity contribution in [3.63, 3.8) is 0 Å². The van der Waals surface area contributed by atoms with Crippen LogP contribution < -0.4 is 16.6 Å². The Hall–Kier alpha value is -1.40. The van der Waals surface area contributed by atoms with Crippen molar-refractivity contribution in [3.8, 4) is 0 Å². The summed E-state index contributed by atoms with van der Waals surface area (Å²) in [7, 11) is 0. The highest BCUT2D eigenvalue weighted by Crippen LogP contribution is 2.27. The van der Waals surface area contributed by atoms with Crippen molar-refractivity contribution in [3.05, 3.63) is 11.9 Å². The first kappa shape index (κ1) is 12.7. The Morgan fingerprint density at radius 3 is 2.44 bits per heavy atom. The summed E-state index contributed by atoms with van der Waals surface area (Å²) in [5.74, 6) is 6.95. The number of rotatable bonds is 5. The van der Waals surface area contributed by atoms with Gasteiger partial charge >= 0.3 is 0 Å². The first-order valence-electron chi connectivity index (χ1n) is 5.29. The Bertz CT molecular complexity index is 340. The van der Waals surface area contributed by atoms with Crippen LogP contribution >= 0.6 is 0 Å². The Labute approximate surface area is 95.3 Å². The van der Waals surface area contributed by atoms with Gasteiger partial charge in [-0.05, 0) is 12.8 Å². The number of aliphatic hydroxyl groups excluding tert-OH is 1. The van der Waals surface area contributed by atoms with E-state index in [4.69, 9.17) is 5.84 Å². The van der Waals surface area contributed by atoms with Crippen LogP contribution in [-0.4, -0.2) is 27.7 Å². The normalized spacial score (nSPS) is 12.6. The molecule has 6 nitrogen and oxygen atoms in total. The van der Waals surface area contributed by atoms with Gasteiger partial charge in [0.2, 0.25) is 0 Å². The van der Waals surface area contributed by atoms with Crippen LogP contribution in [0.15, 0.2) is 6.33 Å². The van der Waals surface area contributed by atoms with Crippen LogP contribution in [0.3, 0.4) is 0 Å². The summed E-state index contributed by atoms with van der Waals surface area (Å²) in [4.78, 5) is 8.21. The number of hydrogen-bond donors (Lipinski definition) is 4. The zero-order valence-corrected chi connectivity index (χ0v) is 9.86. The molecular formula is C10H19N5O. The minimum atomic E-state index is -0.427. The SMILES string of the molecule is CC(O)CNc1ncnc(NN)c1C(C)C. The number of nitrogen functional groups attached to an aromatic ring is 1. The van der Waals surface area contributed by atoms with E-state index >= 15 is 0 Å². The number of aromatic nitrogens is 2. The van der Waals surface area contributed by atoms with E-state index in [9.17, 15) is 5.11 Å². The van der Waals surface area contributed by atoms with Gasteiger partial charge in [0.05, 0.1) is 6.10 Å². The van der Waals surface area contributed by atoms with E-state index in [-0.39, 0.29) is 5.92 Å². The van der Waals surface area contributed by atoms with E-state index in [1.165, 1.54) is 6.33 Å². The van der Waals surface area contributed by atoms with Crippen molar-refractivity contribution in [1.82, 2.24) is 9.97 Å². The van der Waals surface area contributed by atoms with Gasteiger partial charge < -0.3 is 15.8 Å². The molecule has 1 heterocycles. The smallest absolute Gasteiger partial charge is 0.148 e. The third-order valence-corrected chi connectivity index (χ3v) is 2.16. The summed E-state index contributed by atoms with van der Waals surface area (Å²) in [6.07, 6.45) is 1.01. The van der Waals surface area contributed by atoms with Crippen molar-refractivity contribution < 1.29 is 5.11 Å². The molecule has 90 valence electrons. The Kier molecular flexibility index (Phi) is 4.45. The lowest BCUT2D eigenvalue weighted by Crippen LogP contribution is -2.19. The van der Waals surface area contributed by atoms with E-state index in [2.05, 4.69) is 20.7 Å². The molecule has 0 aliphatic heterocycles. The van der Waals surface area contributed by atoms with Crippen LogP contribution in [0.5, 0.6) is 0 Å². The average Bonchev–Trinajstić information content (AvgIpc) is 2.25. The molecule has 1 atom stereocenters. The van der Waals surface area contributed by atoms with Crippen LogP contribution in [0.1, 0.15) is 32.3 Å². The predicted molar refractivity (Wildman–Crippen MR) is 64.1 cm³/mol. The molecule has 0 fully saturated rings. The maximum Gasteiger partial charge on any atom is 0.148 e. The van der Waals surface area contributed by atoms with Gasteiger partial charge in [-0.25, -0.2) is 15.8 Å². The number of nitrogens with two attached hydrogens (primary N) is 1. The molecule has 16 heavy (non-hydrogen) atoms. The molecule has 0 aromatic carbocycles. The molecule has 1 aromatic heterocycles. The maximum atomic E-state index is 9.22. The average molecular weight is 225 g/mol. The minimum absolute atomic E-state index is 0.240. The van der Waals surface area contributed by atoms with Crippen LogP contribution in [0.4, 0.5) is 11.6 Å².